The maximum absolute atomic E-state index is 6.26. The second kappa shape index (κ2) is 4.23. The van der Waals surface area contributed by atoms with Crippen molar-refractivity contribution in [2.75, 3.05) is 0 Å². The molecule has 1 aliphatic carbocycles. The summed E-state index contributed by atoms with van der Waals surface area (Å²) in [6, 6.07) is 3.93. The highest BCUT2D eigenvalue weighted by molar-refractivity contribution is 6.20. The van der Waals surface area contributed by atoms with Gasteiger partial charge in [0.2, 0.25) is 0 Å². The molecule has 1 aliphatic rings. The van der Waals surface area contributed by atoms with E-state index in [-0.39, 0.29) is 5.38 Å². The predicted octanol–water partition coefficient (Wildman–Crippen LogP) is 3.92. The van der Waals surface area contributed by atoms with Crippen LogP contribution < -0.4 is 0 Å². The average molecular weight is 264 g/mol. The highest BCUT2D eigenvalue weighted by Gasteiger charge is 2.41. The fraction of sp³-hybridized carbons (Fsp3) is 0.571. The van der Waals surface area contributed by atoms with Crippen LogP contribution in [0.4, 0.5) is 0 Å². The number of hydrogen-bond donors (Lipinski definition) is 0. The van der Waals surface area contributed by atoms with E-state index in [2.05, 4.69) is 21.5 Å². The first-order valence-corrected chi connectivity index (χ1v) is 7.04. The molecule has 4 heteroatoms. The summed E-state index contributed by atoms with van der Waals surface area (Å²) in [6.07, 6.45) is 5.67. The second-order valence-corrected chi connectivity index (χ2v) is 6.03. The minimum atomic E-state index is -0.0770. The third-order valence-corrected chi connectivity index (χ3v) is 4.28. The molecule has 2 aromatic heterocycles. The third kappa shape index (κ3) is 1.91. The molecule has 0 aliphatic heterocycles. The van der Waals surface area contributed by atoms with Crippen LogP contribution in [0.5, 0.6) is 0 Å². The van der Waals surface area contributed by atoms with Crippen LogP contribution in [-0.4, -0.2) is 14.5 Å². The lowest BCUT2D eigenvalue weighted by atomic mass is 10.0. The van der Waals surface area contributed by atoms with Crippen LogP contribution in [0.3, 0.4) is 0 Å². The first-order valence-electron chi connectivity index (χ1n) is 6.60. The summed E-state index contributed by atoms with van der Waals surface area (Å²) in [5.41, 5.74) is 2.39. The van der Waals surface area contributed by atoms with Gasteiger partial charge in [0.15, 0.2) is 5.65 Å². The lowest BCUT2D eigenvalue weighted by Crippen LogP contribution is -2.14. The van der Waals surface area contributed by atoms with Gasteiger partial charge in [0.25, 0.3) is 0 Å². The Morgan fingerprint density at radius 2 is 2.28 bits per heavy atom. The highest BCUT2D eigenvalue weighted by Crippen LogP contribution is 2.50. The summed E-state index contributed by atoms with van der Waals surface area (Å²) in [5, 5.41) is -0.0770. The van der Waals surface area contributed by atoms with Gasteiger partial charge in [0, 0.05) is 12.7 Å². The third-order valence-electron chi connectivity index (χ3n) is 4.09. The van der Waals surface area contributed by atoms with Crippen molar-refractivity contribution in [2.45, 2.75) is 45.0 Å². The van der Waals surface area contributed by atoms with Gasteiger partial charge in [-0.15, -0.1) is 11.6 Å². The fourth-order valence-electron chi connectivity index (χ4n) is 2.57. The number of rotatable bonds is 4. The molecule has 0 saturated heterocycles. The summed E-state index contributed by atoms with van der Waals surface area (Å²) in [7, 11) is 0. The van der Waals surface area contributed by atoms with Crippen molar-refractivity contribution in [2.24, 2.45) is 5.41 Å². The Labute approximate surface area is 112 Å². The lowest BCUT2D eigenvalue weighted by molar-refractivity contribution is 0.406. The van der Waals surface area contributed by atoms with Gasteiger partial charge in [-0.3, -0.25) is 0 Å². The summed E-state index contributed by atoms with van der Waals surface area (Å²) < 4.78 is 2.23. The Balaban J connectivity index is 2.09. The lowest BCUT2D eigenvalue weighted by Gasteiger charge is -2.16. The molecule has 0 aromatic carbocycles. The molecular weight excluding hydrogens is 246 g/mol. The largest absolute Gasteiger partial charge is 0.311 e. The fourth-order valence-corrected chi connectivity index (χ4v) is 2.74. The Kier molecular flexibility index (Phi) is 2.81. The molecule has 3 nitrogen and oxygen atoms in total. The van der Waals surface area contributed by atoms with Crippen molar-refractivity contribution in [3.05, 3.63) is 24.2 Å². The van der Waals surface area contributed by atoms with Gasteiger partial charge >= 0.3 is 0 Å². The maximum atomic E-state index is 6.26. The van der Waals surface area contributed by atoms with Crippen LogP contribution >= 0.6 is 11.6 Å². The smallest absolute Gasteiger partial charge is 0.160 e. The minimum Gasteiger partial charge on any atom is -0.311 e. The minimum absolute atomic E-state index is 0.0770. The molecule has 1 unspecified atom stereocenters. The summed E-state index contributed by atoms with van der Waals surface area (Å²) in [6.45, 7) is 5.25. The molecule has 0 radical (unpaired) electrons. The van der Waals surface area contributed by atoms with E-state index in [0.29, 0.717) is 5.41 Å². The monoisotopic (exact) mass is 263 g/mol. The molecule has 1 saturated carbocycles. The van der Waals surface area contributed by atoms with E-state index in [9.17, 15) is 0 Å². The number of hydrogen-bond acceptors (Lipinski definition) is 2. The van der Waals surface area contributed by atoms with Gasteiger partial charge in [-0.1, -0.05) is 6.92 Å². The summed E-state index contributed by atoms with van der Waals surface area (Å²) in [5.74, 6) is 0.949. The zero-order valence-corrected chi connectivity index (χ0v) is 11.6. The number of alkyl halides is 1. The number of nitrogens with zero attached hydrogens (tertiary/aromatic N) is 3. The molecule has 0 N–H and O–H groups in total. The number of pyridine rings is 1. The van der Waals surface area contributed by atoms with Crippen LogP contribution in [-0.2, 0) is 6.54 Å². The van der Waals surface area contributed by atoms with Gasteiger partial charge in [0.1, 0.15) is 11.3 Å². The molecule has 3 rings (SSSR count). The second-order valence-electron chi connectivity index (χ2n) is 5.37. The van der Waals surface area contributed by atoms with Crippen LogP contribution in [0.1, 0.15) is 44.3 Å². The van der Waals surface area contributed by atoms with Gasteiger partial charge in [-0.2, -0.15) is 0 Å². The van der Waals surface area contributed by atoms with Gasteiger partial charge in [-0.25, -0.2) is 9.97 Å². The molecule has 0 bridgehead atoms. The number of aromatic nitrogens is 3. The Morgan fingerprint density at radius 3 is 2.89 bits per heavy atom. The average Bonchev–Trinajstić information content (AvgIpc) is 3.05. The van der Waals surface area contributed by atoms with E-state index in [1.807, 2.05) is 25.3 Å². The zero-order chi connectivity index (χ0) is 12.8. The first kappa shape index (κ1) is 12.0. The molecule has 1 atom stereocenters. The van der Waals surface area contributed by atoms with Gasteiger partial charge in [0.05, 0.1) is 5.38 Å². The number of imidazole rings is 1. The van der Waals surface area contributed by atoms with Crippen molar-refractivity contribution in [1.29, 1.82) is 0 Å². The van der Waals surface area contributed by atoms with Crippen molar-refractivity contribution in [1.82, 2.24) is 14.5 Å². The maximum Gasteiger partial charge on any atom is 0.160 e. The standard InChI is InChI=1S/C14H18ClN3/c1-3-14(6-7-14)9-18-12(10(2)15)17-11-5-4-8-16-13(11)18/h4-5,8,10H,3,6-7,9H2,1-2H3. The molecule has 2 aromatic rings. The van der Waals surface area contributed by atoms with Crippen LogP contribution in [0.25, 0.3) is 11.2 Å². The van der Waals surface area contributed by atoms with Gasteiger partial charge < -0.3 is 4.57 Å². The van der Waals surface area contributed by atoms with Crippen LogP contribution in [0, 0.1) is 5.41 Å². The molecular formula is C14H18ClN3. The number of fused-ring (bicyclic) bond motifs is 1. The van der Waals surface area contributed by atoms with Crippen molar-refractivity contribution in [3.63, 3.8) is 0 Å². The Hall–Kier alpha value is -1.09. The molecule has 1 fully saturated rings. The zero-order valence-electron chi connectivity index (χ0n) is 10.9. The van der Waals surface area contributed by atoms with Gasteiger partial charge in [-0.05, 0) is 43.7 Å². The van der Waals surface area contributed by atoms with E-state index in [0.717, 1.165) is 23.5 Å². The van der Waals surface area contributed by atoms with Crippen molar-refractivity contribution in [3.8, 4) is 0 Å². The van der Waals surface area contributed by atoms with E-state index in [4.69, 9.17) is 11.6 Å². The van der Waals surface area contributed by atoms with Crippen LogP contribution in [0.15, 0.2) is 18.3 Å². The first-order chi connectivity index (χ1) is 8.65. The molecule has 0 amide bonds. The predicted molar refractivity (Wildman–Crippen MR) is 73.8 cm³/mol. The normalized spacial score (nSPS) is 19.1. The molecule has 96 valence electrons. The van der Waals surface area contributed by atoms with Crippen molar-refractivity contribution >= 4 is 22.8 Å². The van der Waals surface area contributed by atoms with E-state index in [1.165, 1.54) is 19.3 Å². The summed E-state index contributed by atoms with van der Waals surface area (Å²) >= 11 is 6.26. The van der Waals surface area contributed by atoms with E-state index < -0.39 is 0 Å². The van der Waals surface area contributed by atoms with Crippen molar-refractivity contribution < 1.29 is 0 Å². The molecule has 2 heterocycles. The topological polar surface area (TPSA) is 30.7 Å². The summed E-state index contributed by atoms with van der Waals surface area (Å²) in [4.78, 5) is 9.10. The molecule has 18 heavy (non-hydrogen) atoms. The van der Waals surface area contributed by atoms with E-state index in [1.54, 1.807) is 0 Å². The Bertz CT molecular complexity index is 569. The molecule has 0 spiro atoms. The van der Waals surface area contributed by atoms with E-state index >= 15 is 0 Å². The Morgan fingerprint density at radius 1 is 1.50 bits per heavy atom. The SMILES string of the molecule is CCC1(Cn2c(C(C)Cl)nc3cccnc32)CC1. The quantitative estimate of drug-likeness (QED) is 0.783. The van der Waals surface area contributed by atoms with Crippen LogP contribution in [0.2, 0.25) is 0 Å². The highest BCUT2D eigenvalue weighted by atomic mass is 35.5. The number of halogens is 1.